The van der Waals surface area contributed by atoms with Crippen LogP contribution in [0.15, 0.2) is 23.1 Å². The maximum Gasteiger partial charge on any atom is 0.254 e. The van der Waals surface area contributed by atoms with Gasteiger partial charge in [-0.1, -0.05) is 6.07 Å². The Labute approximate surface area is 117 Å². The average Bonchev–Trinajstić information content (AvgIpc) is 2.75. The number of anilines is 1. The SMILES string of the molecule is O=C(Nc1ccc2c(c1)S(=O)(=O)CC2)C1CNCCO1. The number of rotatable bonds is 2. The molecule has 6 nitrogen and oxygen atoms in total. The molecule has 0 aromatic heterocycles. The van der Waals surface area contributed by atoms with E-state index in [0.29, 0.717) is 30.2 Å². The molecule has 0 saturated carbocycles. The Hall–Kier alpha value is -1.44. The summed E-state index contributed by atoms with van der Waals surface area (Å²) in [4.78, 5) is 12.3. The Kier molecular flexibility index (Phi) is 3.49. The molecule has 108 valence electrons. The summed E-state index contributed by atoms with van der Waals surface area (Å²) >= 11 is 0. The van der Waals surface area contributed by atoms with Crippen molar-refractivity contribution in [1.82, 2.24) is 5.32 Å². The molecule has 0 spiro atoms. The molecule has 1 aromatic carbocycles. The monoisotopic (exact) mass is 296 g/mol. The quantitative estimate of drug-likeness (QED) is 0.799. The second-order valence-electron chi connectivity index (χ2n) is 4.94. The van der Waals surface area contributed by atoms with Gasteiger partial charge in [0.1, 0.15) is 6.10 Å². The molecular formula is C13H16N2O4S. The zero-order chi connectivity index (χ0) is 14.2. The standard InChI is InChI=1S/C13H16N2O4S/c16-13(11-8-14-4-5-19-11)15-10-2-1-9-3-6-20(17,18)12(9)7-10/h1-2,7,11,14H,3-6,8H2,(H,15,16). The van der Waals surface area contributed by atoms with E-state index in [1.165, 1.54) is 6.07 Å². The van der Waals surface area contributed by atoms with Crippen LogP contribution in [0.3, 0.4) is 0 Å². The molecule has 1 fully saturated rings. The Morgan fingerprint density at radius 3 is 3.00 bits per heavy atom. The number of hydrogen-bond acceptors (Lipinski definition) is 5. The number of nitrogens with one attached hydrogen (secondary N) is 2. The van der Waals surface area contributed by atoms with Gasteiger partial charge in [0.15, 0.2) is 9.84 Å². The summed E-state index contributed by atoms with van der Waals surface area (Å²) in [6.07, 6.45) is 0.00951. The minimum Gasteiger partial charge on any atom is -0.366 e. The van der Waals surface area contributed by atoms with Crippen molar-refractivity contribution in [1.29, 1.82) is 0 Å². The number of carbonyl (C=O) groups excluding carboxylic acids is 1. The first-order valence-corrected chi connectivity index (χ1v) is 8.20. The fraction of sp³-hybridized carbons (Fsp3) is 0.462. The largest absolute Gasteiger partial charge is 0.366 e. The lowest BCUT2D eigenvalue weighted by molar-refractivity contribution is -0.128. The van der Waals surface area contributed by atoms with Crippen molar-refractivity contribution in [3.8, 4) is 0 Å². The first-order valence-electron chi connectivity index (χ1n) is 6.55. The van der Waals surface area contributed by atoms with Crippen LogP contribution in [0.5, 0.6) is 0 Å². The van der Waals surface area contributed by atoms with Gasteiger partial charge in [0.05, 0.1) is 17.3 Å². The third kappa shape index (κ3) is 2.56. The van der Waals surface area contributed by atoms with E-state index in [2.05, 4.69) is 10.6 Å². The van der Waals surface area contributed by atoms with E-state index in [4.69, 9.17) is 4.74 Å². The number of morpholine rings is 1. The van der Waals surface area contributed by atoms with Crippen LogP contribution in [-0.4, -0.2) is 45.9 Å². The molecule has 2 heterocycles. The van der Waals surface area contributed by atoms with E-state index in [0.717, 1.165) is 12.1 Å². The van der Waals surface area contributed by atoms with Gasteiger partial charge in [-0.3, -0.25) is 4.79 Å². The Morgan fingerprint density at radius 2 is 2.25 bits per heavy atom. The number of carbonyl (C=O) groups is 1. The van der Waals surface area contributed by atoms with Crippen LogP contribution in [0.2, 0.25) is 0 Å². The summed E-state index contributed by atoms with van der Waals surface area (Å²) in [6, 6.07) is 5.02. The summed E-state index contributed by atoms with van der Waals surface area (Å²) in [5.41, 5.74) is 1.31. The van der Waals surface area contributed by atoms with Crippen LogP contribution in [0.25, 0.3) is 0 Å². The molecule has 2 N–H and O–H groups in total. The molecule has 1 saturated heterocycles. The summed E-state index contributed by atoms with van der Waals surface area (Å²) in [7, 11) is -3.18. The number of sulfone groups is 1. The Bertz CT molecular complexity index is 636. The van der Waals surface area contributed by atoms with Crippen LogP contribution < -0.4 is 10.6 Å². The molecule has 0 bridgehead atoms. The maximum atomic E-state index is 12.0. The van der Waals surface area contributed by atoms with E-state index in [1.807, 2.05) is 0 Å². The Morgan fingerprint density at radius 1 is 1.40 bits per heavy atom. The number of ether oxygens (including phenoxy) is 1. The highest BCUT2D eigenvalue weighted by molar-refractivity contribution is 7.91. The van der Waals surface area contributed by atoms with Crippen molar-refractivity contribution in [3.63, 3.8) is 0 Å². The van der Waals surface area contributed by atoms with Gasteiger partial charge in [-0.2, -0.15) is 0 Å². The van der Waals surface area contributed by atoms with Crippen molar-refractivity contribution in [2.24, 2.45) is 0 Å². The third-order valence-corrected chi connectivity index (χ3v) is 5.32. The van der Waals surface area contributed by atoms with Gasteiger partial charge >= 0.3 is 0 Å². The molecular weight excluding hydrogens is 280 g/mol. The molecule has 2 aliphatic heterocycles. The van der Waals surface area contributed by atoms with Gasteiger partial charge in [0, 0.05) is 18.8 Å². The summed E-state index contributed by atoms with van der Waals surface area (Å²) < 4.78 is 29.0. The smallest absolute Gasteiger partial charge is 0.254 e. The highest BCUT2D eigenvalue weighted by atomic mass is 32.2. The van der Waals surface area contributed by atoms with Crippen molar-refractivity contribution in [2.75, 3.05) is 30.8 Å². The number of hydrogen-bond donors (Lipinski definition) is 2. The highest BCUT2D eigenvalue weighted by Crippen LogP contribution is 2.28. The third-order valence-electron chi connectivity index (χ3n) is 3.53. The van der Waals surface area contributed by atoms with Gasteiger partial charge in [-0.25, -0.2) is 8.42 Å². The lowest BCUT2D eigenvalue weighted by Crippen LogP contribution is -2.45. The van der Waals surface area contributed by atoms with Crippen molar-refractivity contribution in [3.05, 3.63) is 23.8 Å². The van der Waals surface area contributed by atoms with Gasteiger partial charge in [0.25, 0.3) is 5.91 Å². The topological polar surface area (TPSA) is 84.5 Å². The average molecular weight is 296 g/mol. The maximum absolute atomic E-state index is 12.0. The lowest BCUT2D eigenvalue weighted by Gasteiger charge is -2.22. The lowest BCUT2D eigenvalue weighted by atomic mass is 10.1. The summed E-state index contributed by atoms with van der Waals surface area (Å²) in [5.74, 6) is -0.109. The van der Waals surface area contributed by atoms with E-state index in [-0.39, 0.29) is 11.7 Å². The van der Waals surface area contributed by atoms with Crippen LogP contribution >= 0.6 is 0 Å². The molecule has 0 aliphatic carbocycles. The molecule has 1 aromatic rings. The molecule has 7 heteroatoms. The second-order valence-corrected chi connectivity index (χ2v) is 7.02. The molecule has 1 atom stereocenters. The zero-order valence-electron chi connectivity index (χ0n) is 10.9. The molecule has 0 radical (unpaired) electrons. The normalized spacial score (nSPS) is 24.1. The molecule has 3 rings (SSSR count). The van der Waals surface area contributed by atoms with E-state index in [1.54, 1.807) is 12.1 Å². The van der Waals surface area contributed by atoms with Gasteiger partial charge in [0.2, 0.25) is 0 Å². The van der Waals surface area contributed by atoms with Crippen molar-refractivity contribution >= 4 is 21.4 Å². The highest BCUT2D eigenvalue weighted by Gasteiger charge is 2.27. The predicted octanol–water partition coefficient (Wildman–Crippen LogP) is -0.0567. The van der Waals surface area contributed by atoms with E-state index >= 15 is 0 Å². The molecule has 20 heavy (non-hydrogen) atoms. The second kappa shape index (κ2) is 5.16. The summed E-state index contributed by atoms with van der Waals surface area (Å²) in [5, 5.41) is 5.79. The Balaban J connectivity index is 1.77. The van der Waals surface area contributed by atoms with Crippen LogP contribution in [0.1, 0.15) is 5.56 Å². The van der Waals surface area contributed by atoms with Crippen LogP contribution in [0.4, 0.5) is 5.69 Å². The van der Waals surface area contributed by atoms with Gasteiger partial charge in [-0.15, -0.1) is 0 Å². The number of benzene rings is 1. The van der Waals surface area contributed by atoms with Gasteiger partial charge < -0.3 is 15.4 Å². The van der Waals surface area contributed by atoms with E-state index in [9.17, 15) is 13.2 Å². The zero-order valence-corrected chi connectivity index (χ0v) is 11.7. The summed E-state index contributed by atoms with van der Waals surface area (Å²) in [6.45, 7) is 1.70. The fourth-order valence-electron chi connectivity index (χ4n) is 2.44. The predicted molar refractivity (Wildman–Crippen MR) is 73.4 cm³/mol. The molecule has 2 aliphatic rings. The minimum absolute atomic E-state index is 0.148. The van der Waals surface area contributed by atoms with E-state index < -0.39 is 15.9 Å². The number of fused-ring (bicyclic) bond motifs is 1. The number of amides is 1. The van der Waals surface area contributed by atoms with Crippen molar-refractivity contribution < 1.29 is 17.9 Å². The minimum atomic E-state index is -3.18. The van der Waals surface area contributed by atoms with Gasteiger partial charge in [-0.05, 0) is 24.1 Å². The van der Waals surface area contributed by atoms with Crippen LogP contribution in [-0.2, 0) is 25.8 Å². The fourth-order valence-corrected chi connectivity index (χ4v) is 4.02. The first kappa shape index (κ1) is 13.5. The molecule has 1 unspecified atom stereocenters. The van der Waals surface area contributed by atoms with Crippen LogP contribution in [0, 0.1) is 0 Å². The first-order chi connectivity index (χ1) is 9.56. The number of aryl methyl sites for hydroxylation is 1. The van der Waals surface area contributed by atoms with Crippen molar-refractivity contribution in [2.45, 2.75) is 17.4 Å². The molecule has 1 amide bonds.